The van der Waals surface area contributed by atoms with Gasteiger partial charge in [-0.05, 0) is 29.7 Å². The first-order chi connectivity index (χ1) is 15.0. The summed E-state index contributed by atoms with van der Waals surface area (Å²) < 4.78 is 3.20. The summed E-state index contributed by atoms with van der Waals surface area (Å²) in [6, 6.07) is 14.9. The Morgan fingerprint density at radius 3 is 2.48 bits per heavy atom. The van der Waals surface area contributed by atoms with Gasteiger partial charge in [-0.25, -0.2) is 14.3 Å². The van der Waals surface area contributed by atoms with E-state index in [1.807, 2.05) is 56.3 Å². The van der Waals surface area contributed by atoms with Crippen molar-refractivity contribution in [3.63, 3.8) is 0 Å². The predicted molar refractivity (Wildman–Crippen MR) is 119 cm³/mol. The van der Waals surface area contributed by atoms with Crippen molar-refractivity contribution in [1.82, 2.24) is 24.5 Å². The number of rotatable bonds is 7. The van der Waals surface area contributed by atoms with Crippen LogP contribution >= 0.6 is 0 Å². The van der Waals surface area contributed by atoms with Gasteiger partial charge in [-0.1, -0.05) is 44.2 Å². The molecule has 2 heterocycles. The fourth-order valence-corrected chi connectivity index (χ4v) is 3.46. The third-order valence-corrected chi connectivity index (χ3v) is 4.86. The zero-order chi connectivity index (χ0) is 21.8. The fraction of sp³-hybridized carbons (Fsp3) is 0.261. The van der Waals surface area contributed by atoms with Gasteiger partial charge in [-0.15, -0.1) is 0 Å². The van der Waals surface area contributed by atoms with Crippen LogP contribution in [-0.2, 0) is 24.3 Å². The summed E-state index contributed by atoms with van der Waals surface area (Å²) >= 11 is 0. The molecular formula is C23H24N6O2. The van der Waals surface area contributed by atoms with Gasteiger partial charge in [0.25, 0.3) is 5.56 Å². The fourth-order valence-electron chi connectivity index (χ4n) is 3.46. The molecule has 1 N–H and O–H groups in total. The van der Waals surface area contributed by atoms with E-state index in [1.165, 1.54) is 11.0 Å². The van der Waals surface area contributed by atoms with Crippen LogP contribution in [0.15, 0.2) is 66.0 Å². The Morgan fingerprint density at radius 2 is 1.81 bits per heavy atom. The van der Waals surface area contributed by atoms with Crippen LogP contribution in [0.1, 0.15) is 25.1 Å². The SMILES string of the molecule is CC(C)Cn1nc(CC(=O)Nc2ccc(Cn3cncn3)cc2)c2ccccc2c1=O. The Bertz CT molecular complexity index is 1240. The van der Waals surface area contributed by atoms with E-state index in [2.05, 4.69) is 20.5 Å². The molecule has 4 aromatic rings. The molecule has 2 aromatic carbocycles. The molecule has 4 rings (SSSR count). The number of nitrogens with one attached hydrogen (secondary N) is 1. The number of anilines is 1. The zero-order valence-electron chi connectivity index (χ0n) is 17.5. The van der Waals surface area contributed by atoms with Crippen molar-refractivity contribution in [1.29, 1.82) is 0 Å². The number of carbonyl (C=O) groups excluding carboxylic acids is 1. The molecule has 1 amide bonds. The first-order valence-electron chi connectivity index (χ1n) is 10.2. The minimum atomic E-state index is -0.184. The molecule has 0 atom stereocenters. The number of aromatic nitrogens is 5. The van der Waals surface area contributed by atoms with Gasteiger partial charge in [0, 0.05) is 17.6 Å². The van der Waals surface area contributed by atoms with Gasteiger partial charge in [0.1, 0.15) is 12.7 Å². The highest BCUT2D eigenvalue weighted by molar-refractivity contribution is 5.95. The molecule has 0 radical (unpaired) electrons. The highest BCUT2D eigenvalue weighted by Gasteiger charge is 2.14. The third-order valence-electron chi connectivity index (χ3n) is 4.86. The van der Waals surface area contributed by atoms with Crippen molar-refractivity contribution < 1.29 is 4.79 Å². The highest BCUT2D eigenvalue weighted by Crippen LogP contribution is 2.16. The van der Waals surface area contributed by atoms with Crippen LogP contribution in [0.3, 0.4) is 0 Å². The summed E-state index contributed by atoms with van der Waals surface area (Å²) in [5.41, 5.74) is 2.22. The Hall–Kier alpha value is -3.81. The van der Waals surface area contributed by atoms with Gasteiger partial charge >= 0.3 is 0 Å². The summed E-state index contributed by atoms with van der Waals surface area (Å²) in [6.07, 6.45) is 3.24. The minimum absolute atomic E-state index is 0.0829. The van der Waals surface area contributed by atoms with Crippen LogP contribution in [-0.4, -0.2) is 30.5 Å². The van der Waals surface area contributed by atoms with Gasteiger partial charge in [-0.3, -0.25) is 9.59 Å². The Balaban J connectivity index is 1.51. The lowest BCUT2D eigenvalue weighted by atomic mass is 10.1. The van der Waals surface area contributed by atoms with Gasteiger partial charge in [0.2, 0.25) is 5.91 Å². The molecule has 0 unspecified atom stereocenters. The normalized spacial score (nSPS) is 11.2. The average molecular weight is 416 g/mol. The molecule has 0 aliphatic rings. The molecule has 158 valence electrons. The number of benzene rings is 2. The van der Waals surface area contributed by atoms with E-state index in [1.54, 1.807) is 17.1 Å². The van der Waals surface area contributed by atoms with Crippen molar-refractivity contribution in [3.8, 4) is 0 Å². The second-order valence-electron chi connectivity index (χ2n) is 7.89. The van der Waals surface area contributed by atoms with Crippen LogP contribution in [0.25, 0.3) is 10.8 Å². The van der Waals surface area contributed by atoms with E-state index >= 15 is 0 Å². The van der Waals surface area contributed by atoms with Crippen molar-refractivity contribution in [2.24, 2.45) is 5.92 Å². The van der Waals surface area contributed by atoms with E-state index in [-0.39, 0.29) is 23.8 Å². The topological polar surface area (TPSA) is 94.7 Å². The highest BCUT2D eigenvalue weighted by atomic mass is 16.1. The number of hydrogen-bond donors (Lipinski definition) is 1. The summed E-state index contributed by atoms with van der Waals surface area (Å²) in [4.78, 5) is 29.4. The first-order valence-corrected chi connectivity index (χ1v) is 10.2. The lowest BCUT2D eigenvalue weighted by Gasteiger charge is -2.13. The molecule has 0 spiro atoms. The van der Waals surface area contributed by atoms with Crippen molar-refractivity contribution >= 4 is 22.4 Å². The third kappa shape index (κ3) is 4.85. The van der Waals surface area contributed by atoms with E-state index in [9.17, 15) is 9.59 Å². The molecule has 0 aliphatic carbocycles. The maximum atomic E-state index is 12.7. The van der Waals surface area contributed by atoms with Crippen LogP contribution in [0, 0.1) is 5.92 Å². The molecular weight excluding hydrogens is 392 g/mol. The smallest absolute Gasteiger partial charge is 0.274 e. The second kappa shape index (κ2) is 8.91. The molecule has 0 saturated carbocycles. The predicted octanol–water partition coefficient (Wildman–Crippen LogP) is 2.87. The van der Waals surface area contributed by atoms with Crippen molar-refractivity contribution in [2.45, 2.75) is 33.4 Å². The van der Waals surface area contributed by atoms with Crippen molar-refractivity contribution in [2.75, 3.05) is 5.32 Å². The van der Waals surface area contributed by atoms with Gasteiger partial charge in [0.05, 0.1) is 24.0 Å². The Kier molecular flexibility index (Phi) is 5.88. The standard InChI is InChI=1S/C23H24N6O2/c1-16(2)12-29-23(31)20-6-4-3-5-19(20)21(27-29)11-22(30)26-18-9-7-17(8-10-18)13-28-15-24-14-25-28/h3-10,14-16H,11-13H2,1-2H3,(H,26,30). The summed E-state index contributed by atoms with van der Waals surface area (Å²) in [5.74, 6) is 0.0838. The zero-order valence-corrected chi connectivity index (χ0v) is 17.5. The molecule has 31 heavy (non-hydrogen) atoms. The molecule has 0 fully saturated rings. The van der Waals surface area contributed by atoms with Crippen LogP contribution in [0.5, 0.6) is 0 Å². The lowest BCUT2D eigenvalue weighted by Crippen LogP contribution is -2.28. The number of hydrogen-bond acceptors (Lipinski definition) is 5. The average Bonchev–Trinajstić information content (AvgIpc) is 3.26. The Labute approximate surface area is 179 Å². The van der Waals surface area contributed by atoms with E-state index < -0.39 is 0 Å². The lowest BCUT2D eigenvalue weighted by molar-refractivity contribution is -0.115. The van der Waals surface area contributed by atoms with Crippen LogP contribution in [0.4, 0.5) is 5.69 Å². The van der Waals surface area contributed by atoms with E-state index in [0.29, 0.717) is 35.2 Å². The maximum Gasteiger partial charge on any atom is 0.274 e. The van der Waals surface area contributed by atoms with Gasteiger partial charge in [0.15, 0.2) is 0 Å². The molecule has 0 aliphatic heterocycles. The van der Waals surface area contributed by atoms with E-state index in [4.69, 9.17) is 0 Å². The van der Waals surface area contributed by atoms with E-state index in [0.717, 1.165) is 5.56 Å². The molecule has 2 aromatic heterocycles. The summed E-state index contributed by atoms with van der Waals surface area (Å²) in [7, 11) is 0. The van der Waals surface area contributed by atoms with Crippen LogP contribution < -0.4 is 10.9 Å². The van der Waals surface area contributed by atoms with Crippen molar-refractivity contribution in [3.05, 3.63) is 82.8 Å². The molecule has 8 heteroatoms. The minimum Gasteiger partial charge on any atom is -0.326 e. The maximum absolute atomic E-state index is 12.7. The van der Waals surface area contributed by atoms with Gasteiger partial charge in [-0.2, -0.15) is 10.2 Å². The molecule has 0 saturated heterocycles. The second-order valence-corrected chi connectivity index (χ2v) is 7.89. The summed E-state index contributed by atoms with van der Waals surface area (Å²) in [6.45, 7) is 5.18. The first kappa shape index (κ1) is 20.5. The number of fused-ring (bicyclic) bond motifs is 1. The Morgan fingerprint density at radius 1 is 1.06 bits per heavy atom. The summed E-state index contributed by atoms with van der Waals surface area (Å²) in [5, 5.41) is 12.8. The monoisotopic (exact) mass is 416 g/mol. The van der Waals surface area contributed by atoms with Gasteiger partial charge < -0.3 is 5.32 Å². The molecule has 0 bridgehead atoms. The number of carbonyl (C=O) groups is 1. The largest absolute Gasteiger partial charge is 0.326 e. The van der Waals surface area contributed by atoms with Crippen LogP contribution in [0.2, 0.25) is 0 Å². The molecule has 8 nitrogen and oxygen atoms in total. The number of amides is 1. The number of nitrogens with zero attached hydrogens (tertiary/aromatic N) is 5. The quantitative estimate of drug-likeness (QED) is 0.500.